The van der Waals surface area contributed by atoms with Crippen LogP contribution in [0.2, 0.25) is 0 Å². The lowest BCUT2D eigenvalue weighted by atomic mass is 10.1. The Kier molecular flexibility index (Phi) is 5.37. The number of hydrogen-bond donors (Lipinski definition) is 1. The van der Waals surface area contributed by atoms with Gasteiger partial charge in [-0.3, -0.25) is 4.79 Å². The predicted octanol–water partition coefficient (Wildman–Crippen LogP) is 3.25. The maximum absolute atomic E-state index is 12.7. The third kappa shape index (κ3) is 4.42. The van der Waals surface area contributed by atoms with Crippen molar-refractivity contribution in [3.63, 3.8) is 0 Å². The second-order valence-electron chi connectivity index (χ2n) is 6.99. The molecule has 2 aromatic rings. The standard InChI is InChI=1S/C18H20BrN3O3S2/c19-14-5-3-12(4-6-14)17-20-16(11-26-17)27(24,25)21-15-7-9-22(10-8-15)18(23)13-1-2-13/h3-6,11,13,15,21H,1-2,7-10H2. The minimum absolute atomic E-state index is 0.0573. The summed E-state index contributed by atoms with van der Waals surface area (Å²) < 4.78 is 29.1. The molecule has 1 aliphatic heterocycles. The summed E-state index contributed by atoms with van der Waals surface area (Å²) in [5, 5.41) is 2.31. The summed E-state index contributed by atoms with van der Waals surface area (Å²) in [7, 11) is -3.66. The molecule has 0 radical (unpaired) electrons. The number of likely N-dealkylation sites (tertiary alicyclic amines) is 1. The van der Waals surface area contributed by atoms with E-state index in [1.807, 2.05) is 29.2 Å². The predicted molar refractivity (Wildman–Crippen MR) is 108 cm³/mol. The molecule has 27 heavy (non-hydrogen) atoms. The number of thiazole rings is 1. The number of carbonyl (C=O) groups is 1. The molecule has 0 bridgehead atoms. The Morgan fingerprint density at radius 3 is 2.44 bits per heavy atom. The van der Waals surface area contributed by atoms with E-state index < -0.39 is 10.0 Å². The largest absolute Gasteiger partial charge is 0.342 e. The third-order valence-corrected chi connectivity index (χ3v) is 7.88. The van der Waals surface area contributed by atoms with Crippen LogP contribution in [-0.2, 0) is 14.8 Å². The van der Waals surface area contributed by atoms with Crippen LogP contribution in [0.5, 0.6) is 0 Å². The molecule has 2 heterocycles. The van der Waals surface area contributed by atoms with Crippen molar-refractivity contribution in [3.8, 4) is 10.6 Å². The van der Waals surface area contributed by atoms with E-state index in [9.17, 15) is 13.2 Å². The minimum Gasteiger partial charge on any atom is -0.342 e. The second-order valence-corrected chi connectivity index (χ2v) is 10.4. The zero-order chi connectivity index (χ0) is 19.0. The lowest BCUT2D eigenvalue weighted by Crippen LogP contribution is -2.46. The topological polar surface area (TPSA) is 79.4 Å². The molecule has 1 aliphatic carbocycles. The summed E-state index contributed by atoms with van der Waals surface area (Å²) >= 11 is 4.70. The van der Waals surface area contributed by atoms with E-state index in [1.54, 1.807) is 5.38 Å². The Balaban J connectivity index is 1.39. The molecule has 1 saturated heterocycles. The van der Waals surface area contributed by atoms with Crippen LogP contribution in [0.25, 0.3) is 10.6 Å². The van der Waals surface area contributed by atoms with Gasteiger partial charge in [0.2, 0.25) is 5.91 Å². The molecule has 6 nitrogen and oxygen atoms in total. The minimum atomic E-state index is -3.66. The highest BCUT2D eigenvalue weighted by Gasteiger charge is 2.35. The monoisotopic (exact) mass is 469 g/mol. The van der Waals surface area contributed by atoms with Gasteiger partial charge in [0.15, 0.2) is 5.03 Å². The first-order valence-corrected chi connectivity index (χ1v) is 12.1. The van der Waals surface area contributed by atoms with Gasteiger partial charge in [0.05, 0.1) is 0 Å². The van der Waals surface area contributed by atoms with Gasteiger partial charge in [-0.05, 0) is 37.8 Å². The van der Waals surface area contributed by atoms with Gasteiger partial charge in [-0.15, -0.1) is 11.3 Å². The molecule has 9 heteroatoms. The average Bonchev–Trinajstić information content (AvgIpc) is 3.38. The molecule has 144 valence electrons. The van der Waals surface area contributed by atoms with Crippen LogP contribution in [0, 0.1) is 5.92 Å². The fourth-order valence-corrected chi connectivity index (χ4v) is 5.86. The number of hydrogen-bond acceptors (Lipinski definition) is 5. The highest BCUT2D eigenvalue weighted by atomic mass is 79.9. The lowest BCUT2D eigenvalue weighted by Gasteiger charge is -2.32. The van der Waals surface area contributed by atoms with Crippen LogP contribution in [0.3, 0.4) is 0 Å². The fraction of sp³-hybridized carbons (Fsp3) is 0.444. The molecule has 1 amide bonds. The first kappa shape index (κ1) is 19.0. The zero-order valence-electron chi connectivity index (χ0n) is 14.6. The normalized spacial score (nSPS) is 18.6. The second kappa shape index (κ2) is 7.62. The Morgan fingerprint density at radius 2 is 1.81 bits per heavy atom. The molecular weight excluding hydrogens is 450 g/mol. The van der Waals surface area contributed by atoms with Crippen LogP contribution >= 0.6 is 27.3 Å². The first-order chi connectivity index (χ1) is 12.9. The third-order valence-electron chi connectivity index (χ3n) is 4.90. The van der Waals surface area contributed by atoms with Gasteiger partial charge in [-0.2, -0.15) is 0 Å². The number of carbonyl (C=O) groups excluding carboxylic acids is 1. The molecular formula is C18H20BrN3O3S2. The summed E-state index contributed by atoms with van der Waals surface area (Å²) in [5.41, 5.74) is 0.886. The van der Waals surface area contributed by atoms with E-state index in [0.29, 0.717) is 30.9 Å². The van der Waals surface area contributed by atoms with Gasteiger partial charge in [-0.25, -0.2) is 18.1 Å². The molecule has 1 saturated carbocycles. The van der Waals surface area contributed by atoms with E-state index in [2.05, 4.69) is 25.6 Å². The van der Waals surface area contributed by atoms with Crippen LogP contribution < -0.4 is 4.72 Å². The molecule has 1 aromatic heterocycles. The maximum Gasteiger partial charge on any atom is 0.259 e. The van der Waals surface area contributed by atoms with E-state index in [-0.39, 0.29) is 22.9 Å². The average molecular weight is 470 g/mol. The van der Waals surface area contributed by atoms with Crippen molar-refractivity contribution in [2.75, 3.05) is 13.1 Å². The first-order valence-electron chi connectivity index (χ1n) is 8.95. The number of nitrogens with one attached hydrogen (secondary N) is 1. The van der Waals surface area contributed by atoms with Gasteiger partial charge >= 0.3 is 0 Å². The van der Waals surface area contributed by atoms with Crippen molar-refractivity contribution >= 4 is 43.2 Å². The fourth-order valence-electron chi connectivity index (χ4n) is 3.19. The molecule has 1 N–H and O–H groups in total. The van der Waals surface area contributed by atoms with Crippen molar-refractivity contribution in [3.05, 3.63) is 34.1 Å². The van der Waals surface area contributed by atoms with Gasteiger partial charge in [-0.1, -0.05) is 28.1 Å². The summed E-state index contributed by atoms with van der Waals surface area (Å²) in [6.45, 7) is 1.23. The number of piperidine rings is 1. The van der Waals surface area contributed by atoms with E-state index >= 15 is 0 Å². The van der Waals surface area contributed by atoms with Gasteiger partial charge in [0, 0.05) is 40.5 Å². The van der Waals surface area contributed by atoms with Gasteiger partial charge in [0.1, 0.15) is 5.01 Å². The van der Waals surface area contributed by atoms with E-state index in [1.165, 1.54) is 11.3 Å². The molecule has 0 unspecified atom stereocenters. The molecule has 0 spiro atoms. The Labute approximate surface area is 171 Å². The number of nitrogens with zero attached hydrogens (tertiary/aromatic N) is 2. The van der Waals surface area contributed by atoms with Crippen LogP contribution in [-0.4, -0.2) is 43.3 Å². The maximum atomic E-state index is 12.7. The number of aromatic nitrogens is 1. The van der Waals surface area contributed by atoms with E-state index in [4.69, 9.17) is 0 Å². The molecule has 1 aromatic carbocycles. The van der Waals surface area contributed by atoms with Gasteiger partial charge in [0.25, 0.3) is 10.0 Å². The number of amides is 1. The van der Waals surface area contributed by atoms with Crippen molar-refractivity contribution in [2.24, 2.45) is 5.92 Å². The van der Waals surface area contributed by atoms with Crippen LogP contribution in [0.1, 0.15) is 25.7 Å². The van der Waals surface area contributed by atoms with Gasteiger partial charge < -0.3 is 4.90 Å². The van der Waals surface area contributed by atoms with Crippen molar-refractivity contribution in [1.82, 2.24) is 14.6 Å². The summed E-state index contributed by atoms with van der Waals surface area (Å²) in [5.74, 6) is 0.445. The van der Waals surface area contributed by atoms with Crippen LogP contribution in [0.15, 0.2) is 39.1 Å². The number of benzene rings is 1. The summed E-state index contributed by atoms with van der Waals surface area (Å²) in [6, 6.07) is 7.45. The highest BCUT2D eigenvalue weighted by Crippen LogP contribution is 2.32. The van der Waals surface area contributed by atoms with Crippen molar-refractivity contribution < 1.29 is 13.2 Å². The molecule has 4 rings (SSSR count). The summed E-state index contributed by atoms with van der Waals surface area (Å²) in [4.78, 5) is 18.3. The quantitative estimate of drug-likeness (QED) is 0.728. The molecule has 0 atom stereocenters. The number of rotatable bonds is 5. The number of halogens is 1. The zero-order valence-corrected chi connectivity index (χ0v) is 17.8. The Morgan fingerprint density at radius 1 is 1.15 bits per heavy atom. The SMILES string of the molecule is O=C(C1CC1)N1CCC(NS(=O)(=O)c2csc(-c3ccc(Br)cc3)n2)CC1. The summed E-state index contributed by atoms with van der Waals surface area (Å²) in [6.07, 6.45) is 3.27. The molecule has 2 aliphatic rings. The number of sulfonamides is 1. The molecule has 2 fully saturated rings. The van der Waals surface area contributed by atoms with Crippen molar-refractivity contribution in [2.45, 2.75) is 36.8 Å². The Hall–Kier alpha value is -1.29. The Bertz CT molecular complexity index is 931. The van der Waals surface area contributed by atoms with E-state index in [0.717, 1.165) is 22.9 Å². The van der Waals surface area contributed by atoms with Crippen LogP contribution in [0.4, 0.5) is 0 Å². The lowest BCUT2D eigenvalue weighted by molar-refractivity contribution is -0.133. The smallest absolute Gasteiger partial charge is 0.259 e. The van der Waals surface area contributed by atoms with Crippen molar-refractivity contribution in [1.29, 1.82) is 0 Å². The highest BCUT2D eigenvalue weighted by molar-refractivity contribution is 9.10.